The van der Waals surface area contributed by atoms with Crippen LogP contribution in [0.3, 0.4) is 0 Å². The van der Waals surface area contributed by atoms with Crippen LogP contribution >= 0.6 is 0 Å². The summed E-state index contributed by atoms with van der Waals surface area (Å²) in [5, 5.41) is 20.2. The van der Waals surface area contributed by atoms with Crippen LogP contribution in [-0.2, 0) is 9.47 Å². The Hall–Kier alpha value is -1.48. The lowest BCUT2D eigenvalue weighted by molar-refractivity contribution is -0.0686. The van der Waals surface area contributed by atoms with Crippen LogP contribution in [0, 0.1) is 0 Å². The van der Waals surface area contributed by atoms with Gasteiger partial charge in [0.25, 0.3) is 5.56 Å². The molecule has 1 aliphatic heterocycles. The minimum atomic E-state index is -1.27. The standard InChI is InChI=1S/C17H28N2O6/c1-2-3-4-5-6-7-10-24-11-12-14(21)15(22)16(25-12)19-9-8-13(20)18-17(19)23/h8-9,12,14-16,21-22H,2-7,10-11H2,1H3,(H,18,20,23)/t12-,14-,15-,16-/m1/s1. The molecule has 8 heteroatoms. The highest BCUT2D eigenvalue weighted by Crippen LogP contribution is 2.28. The molecular weight excluding hydrogens is 328 g/mol. The zero-order valence-corrected chi connectivity index (χ0v) is 14.6. The van der Waals surface area contributed by atoms with Crippen molar-refractivity contribution >= 4 is 0 Å². The summed E-state index contributed by atoms with van der Waals surface area (Å²) >= 11 is 0. The Labute approximate surface area is 146 Å². The van der Waals surface area contributed by atoms with Crippen LogP contribution in [0.1, 0.15) is 51.7 Å². The number of unbranched alkanes of at least 4 members (excludes halogenated alkanes) is 5. The molecule has 8 nitrogen and oxygen atoms in total. The number of aromatic amines is 1. The van der Waals surface area contributed by atoms with Gasteiger partial charge in [-0.05, 0) is 6.42 Å². The maximum Gasteiger partial charge on any atom is 0.330 e. The van der Waals surface area contributed by atoms with E-state index in [2.05, 4.69) is 11.9 Å². The molecule has 4 atom stereocenters. The molecule has 1 fully saturated rings. The summed E-state index contributed by atoms with van der Waals surface area (Å²) in [5.74, 6) is 0. The van der Waals surface area contributed by atoms with Crippen molar-refractivity contribution in [3.8, 4) is 0 Å². The van der Waals surface area contributed by atoms with Gasteiger partial charge >= 0.3 is 5.69 Å². The van der Waals surface area contributed by atoms with E-state index < -0.39 is 35.8 Å². The molecule has 0 unspecified atom stereocenters. The fourth-order valence-corrected chi connectivity index (χ4v) is 2.91. The maximum atomic E-state index is 11.8. The highest BCUT2D eigenvalue weighted by Gasteiger charge is 2.44. The molecule has 0 spiro atoms. The monoisotopic (exact) mass is 356 g/mol. The topological polar surface area (TPSA) is 114 Å². The third kappa shape index (κ3) is 5.50. The fraction of sp³-hybridized carbons (Fsp3) is 0.765. The van der Waals surface area contributed by atoms with E-state index in [1.807, 2.05) is 0 Å². The lowest BCUT2D eigenvalue weighted by Crippen LogP contribution is -2.37. The van der Waals surface area contributed by atoms with Crippen LogP contribution in [-0.4, -0.2) is 51.3 Å². The van der Waals surface area contributed by atoms with Gasteiger partial charge in [-0.1, -0.05) is 39.0 Å². The Kier molecular flexibility index (Phi) is 7.83. The molecule has 0 saturated carbocycles. The second-order valence-electron chi connectivity index (χ2n) is 6.41. The van der Waals surface area contributed by atoms with Gasteiger partial charge in [0.2, 0.25) is 0 Å². The van der Waals surface area contributed by atoms with E-state index in [9.17, 15) is 19.8 Å². The molecule has 1 aliphatic rings. The molecule has 0 bridgehead atoms. The minimum absolute atomic E-state index is 0.141. The van der Waals surface area contributed by atoms with Gasteiger partial charge in [0.1, 0.15) is 18.3 Å². The second kappa shape index (κ2) is 9.86. The second-order valence-corrected chi connectivity index (χ2v) is 6.41. The molecule has 2 heterocycles. The molecule has 2 rings (SSSR count). The zero-order valence-electron chi connectivity index (χ0n) is 14.6. The Bertz CT molecular complexity index is 628. The molecule has 1 aromatic heterocycles. The van der Waals surface area contributed by atoms with Crippen molar-refractivity contribution in [1.29, 1.82) is 0 Å². The van der Waals surface area contributed by atoms with E-state index >= 15 is 0 Å². The molecule has 0 aromatic carbocycles. The Morgan fingerprint density at radius 3 is 2.60 bits per heavy atom. The number of nitrogens with one attached hydrogen (secondary N) is 1. The van der Waals surface area contributed by atoms with Gasteiger partial charge in [-0.2, -0.15) is 0 Å². The van der Waals surface area contributed by atoms with Gasteiger partial charge in [0.15, 0.2) is 6.23 Å². The number of rotatable bonds is 10. The number of H-pyrrole nitrogens is 1. The number of aromatic nitrogens is 2. The van der Waals surface area contributed by atoms with Crippen LogP contribution < -0.4 is 11.2 Å². The minimum Gasteiger partial charge on any atom is -0.387 e. The smallest absolute Gasteiger partial charge is 0.330 e. The zero-order chi connectivity index (χ0) is 18.2. The molecule has 0 radical (unpaired) electrons. The normalized spacial score (nSPS) is 26.2. The van der Waals surface area contributed by atoms with Crippen LogP contribution in [0.15, 0.2) is 21.9 Å². The van der Waals surface area contributed by atoms with Crippen LogP contribution in [0.4, 0.5) is 0 Å². The summed E-state index contributed by atoms with van der Waals surface area (Å²) in [6, 6.07) is 1.16. The molecule has 3 N–H and O–H groups in total. The average Bonchev–Trinajstić information content (AvgIpc) is 2.86. The van der Waals surface area contributed by atoms with Gasteiger partial charge in [0.05, 0.1) is 6.61 Å². The van der Waals surface area contributed by atoms with Crippen molar-refractivity contribution < 1.29 is 19.7 Å². The van der Waals surface area contributed by atoms with Crippen LogP contribution in [0.5, 0.6) is 0 Å². The molecule has 0 amide bonds. The average molecular weight is 356 g/mol. The summed E-state index contributed by atoms with van der Waals surface area (Å²) in [5.41, 5.74) is -1.23. The number of aliphatic hydroxyl groups excluding tert-OH is 2. The number of aliphatic hydroxyl groups is 2. The Morgan fingerprint density at radius 2 is 1.88 bits per heavy atom. The van der Waals surface area contributed by atoms with E-state index in [1.165, 1.54) is 31.9 Å². The number of nitrogens with zero attached hydrogens (tertiary/aromatic N) is 1. The fourth-order valence-electron chi connectivity index (χ4n) is 2.91. The van der Waals surface area contributed by atoms with Crippen LogP contribution in [0.25, 0.3) is 0 Å². The van der Waals surface area contributed by atoms with Gasteiger partial charge in [-0.15, -0.1) is 0 Å². The molecule has 0 aliphatic carbocycles. The lowest BCUT2D eigenvalue weighted by Gasteiger charge is -2.16. The quantitative estimate of drug-likeness (QED) is 0.527. The van der Waals surface area contributed by atoms with Crippen molar-refractivity contribution in [2.75, 3.05) is 13.2 Å². The Morgan fingerprint density at radius 1 is 1.16 bits per heavy atom. The summed E-state index contributed by atoms with van der Waals surface area (Å²) in [6.45, 7) is 2.89. The molecule has 1 aromatic rings. The van der Waals surface area contributed by atoms with E-state index in [-0.39, 0.29) is 6.61 Å². The Balaban J connectivity index is 1.78. The highest BCUT2D eigenvalue weighted by molar-refractivity contribution is 4.93. The maximum absolute atomic E-state index is 11.8. The van der Waals surface area contributed by atoms with Crippen molar-refractivity contribution in [2.24, 2.45) is 0 Å². The van der Waals surface area contributed by atoms with E-state index in [4.69, 9.17) is 9.47 Å². The van der Waals surface area contributed by atoms with E-state index in [0.29, 0.717) is 6.61 Å². The highest BCUT2D eigenvalue weighted by atomic mass is 16.6. The molecule has 1 saturated heterocycles. The molecule has 25 heavy (non-hydrogen) atoms. The van der Waals surface area contributed by atoms with Gasteiger partial charge in [-0.25, -0.2) is 4.79 Å². The number of ether oxygens (including phenoxy) is 2. The van der Waals surface area contributed by atoms with Crippen molar-refractivity contribution in [1.82, 2.24) is 9.55 Å². The van der Waals surface area contributed by atoms with E-state index in [1.54, 1.807) is 0 Å². The third-order valence-electron chi connectivity index (χ3n) is 4.39. The van der Waals surface area contributed by atoms with Gasteiger partial charge in [0, 0.05) is 18.9 Å². The van der Waals surface area contributed by atoms with Crippen LogP contribution in [0.2, 0.25) is 0 Å². The first kappa shape index (κ1) is 19.8. The summed E-state index contributed by atoms with van der Waals surface area (Å²) in [7, 11) is 0. The summed E-state index contributed by atoms with van der Waals surface area (Å²) in [6.07, 6.45) is 3.98. The van der Waals surface area contributed by atoms with Gasteiger partial charge in [-0.3, -0.25) is 14.3 Å². The largest absolute Gasteiger partial charge is 0.387 e. The molecule has 142 valence electrons. The number of hydrogen-bond donors (Lipinski definition) is 3. The third-order valence-corrected chi connectivity index (χ3v) is 4.39. The van der Waals surface area contributed by atoms with Crippen molar-refractivity contribution in [3.63, 3.8) is 0 Å². The number of hydrogen-bond acceptors (Lipinski definition) is 6. The SMILES string of the molecule is CCCCCCCCOC[C@H]1O[C@@H](n2ccc(=O)[nH]c2=O)[C@H](O)[C@@H]1O. The summed E-state index contributed by atoms with van der Waals surface area (Å²) < 4.78 is 12.2. The van der Waals surface area contributed by atoms with Gasteiger partial charge < -0.3 is 19.7 Å². The summed E-state index contributed by atoms with van der Waals surface area (Å²) in [4.78, 5) is 25.0. The van der Waals surface area contributed by atoms with Crippen molar-refractivity contribution in [2.45, 2.75) is 70.0 Å². The van der Waals surface area contributed by atoms with Crippen molar-refractivity contribution in [3.05, 3.63) is 33.1 Å². The first-order chi connectivity index (χ1) is 12.0. The first-order valence-corrected chi connectivity index (χ1v) is 8.95. The van der Waals surface area contributed by atoms with E-state index in [0.717, 1.165) is 23.5 Å². The predicted molar refractivity (Wildman–Crippen MR) is 91.4 cm³/mol. The first-order valence-electron chi connectivity index (χ1n) is 8.95. The molecular formula is C17H28N2O6. The lowest BCUT2D eigenvalue weighted by atomic mass is 10.1. The predicted octanol–water partition coefficient (Wildman–Crippen LogP) is 0.533.